The molecule has 2 aromatic rings. The second-order valence-electron chi connectivity index (χ2n) is 2.91. The fourth-order valence-corrected chi connectivity index (χ4v) is 1.36. The fraction of sp³-hybridized carbons (Fsp3) is 0.333. The molecule has 68 valence electrons. The largest absolute Gasteiger partial charge is 0.368 e. The predicted molar refractivity (Wildman–Crippen MR) is 52.7 cm³/mol. The minimum atomic E-state index is 0.862. The number of anilines is 1. The van der Waals surface area contributed by atoms with Crippen LogP contribution in [0.1, 0.15) is 6.92 Å². The van der Waals surface area contributed by atoms with E-state index in [1.807, 2.05) is 24.6 Å². The lowest BCUT2D eigenvalue weighted by Gasteiger charge is -2.02. The SMILES string of the molecule is CCNc1nccc2c1ncn2C. The number of aryl methyl sites for hydroxylation is 1. The molecule has 0 atom stereocenters. The molecule has 4 nitrogen and oxygen atoms in total. The van der Waals surface area contributed by atoms with E-state index in [2.05, 4.69) is 15.3 Å². The van der Waals surface area contributed by atoms with Crippen molar-refractivity contribution in [2.45, 2.75) is 6.92 Å². The smallest absolute Gasteiger partial charge is 0.154 e. The number of imidazole rings is 1. The first-order valence-corrected chi connectivity index (χ1v) is 4.33. The Labute approximate surface area is 76.6 Å². The first kappa shape index (κ1) is 8.04. The molecule has 2 heterocycles. The van der Waals surface area contributed by atoms with Crippen molar-refractivity contribution in [2.75, 3.05) is 11.9 Å². The van der Waals surface area contributed by atoms with Crippen LogP contribution in [0.5, 0.6) is 0 Å². The third-order valence-corrected chi connectivity index (χ3v) is 1.99. The van der Waals surface area contributed by atoms with E-state index in [1.165, 1.54) is 0 Å². The predicted octanol–water partition coefficient (Wildman–Crippen LogP) is 1.40. The number of rotatable bonds is 2. The summed E-state index contributed by atoms with van der Waals surface area (Å²) in [7, 11) is 1.98. The summed E-state index contributed by atoms with van der Waals surface area (Å²) in [5.74, 6) is 0.862. The zero-order chi connectivity index (χ0) is 9.26. The van der Waals surface area contributed by atoms with Crippen molar-refractivity contribution >= 4 is 16.9 Å². The average molecular weight is 176 g/mol. The van der Waals surface area contributed by atoms with Crippen LogP contribution < -0.4 is 5.32 Å². The number of hydrogen-bond acceptors (Lipinski definition) is 3. The van der Waals surface area contributed by atoms with Crippen molar-refractivity contribution in [1.82, 2.24) is 14.5 Å². The average Bonchev–Trinajstić information content (AvgIpc) is 2.50. The number of hydrogen-bond donors (Lipinski definition) is 1. The minimum absolute atomic E-state index is 0.862. The van der Waals surface area contributed by atoms with Crippen LogP contribution in [-0.2, 0) is 7.05 Å². The Kier molecular flexibility index (Phi) is 1.88. The summed E-state index contributed by atoms with van der Waals surface area (Å²) in [6.07, 6.45) is 3.59. The standard InChI is InChI=1S/C9H12N4/c1-3-10-9-8-7(4-5-11-9)13(2)6-12-8/h4-6H,3H2,1-2H3,(H,10,11). The maximum atomic E-state index is 4.27. The molecule has 0 fully saturated rings. The van der Waals surface area contributed by atoms with Gasteiger partial charge in [0.25, 0.3) is 0 Å². The monoisotopic (exact) mass is 176 g/mol. The summed E-state index contributed by atoms with van der Waals surface area (Å²) in [6, 6.07) is 1.96. The number of nitrogens with zero attached hydrogens (tertiary/aromatic N) is 3. The molecule has 2 rings (SSSR count). The maximum Gasteiger partial charge on any atom is 0.154 e. The van der Waals surface area contributed by atoms with Gasteiger partial charge >= 0.3 is 0 Å². The molecule has 0 aliphatic heterocycles. The molecule has 2 aromatic heterocycles. The Bertz CT molecular complexity index is 418. The Hall–Kier alpha value is -1.58. The molecule has 0 amide bonds. The molecule has 4 heteroatoms. The molecule has 0 saturated carbocycles. The van der Waals surface area contributed by atoms with Crippen LogP contribution in [0.2, 0.25) is 0 Å². The highest BCUT2D eigenvalue weighted by molar-refractivity contribution is 5.85. The van der Waals surface area contributed by atoms with Crippen LogP contribution in [-0.4, -0.2) is 21.1 Å². The van der Waals surface area contributed by atoms with E-state index in [4.69, 9.17) is 0 Å². The van der Waals surface area contributed by atoms with Crippen molar-refractivity contribution in [3.8, 4) is 0 Å². The van der Waals surface area contributed by atoms with Crippen LogP contribution in [0.4, 0.5) is 5.82 Å². The fourth-order valence-electron chi connectivity index (χ4n) is 1.36. The van der Waals surface area contributed by atoms with Gasteiger partial charge in [-0.2, -0.15) is 0 Å². The zero-order valence-corrected chi connectivity index (χ0v) is 7.78. The second-order valence-corrected chi connectivity index (χ2v) is 2.91. The highest BCUT2D eigenvalue weighted by Crippen LogP contribution is 2.17. The lowest BCUT2D eigenvalue weighted by atomic mass is 10.4. The molecule has 1 N–H and O–H groups in total. The third-order valence-electron chi connectivity index (χ3n) is 1.99. The number of pyridine rings is 1. The van der Waals surface area contributed by atoms with Gasteiger partial charge in [-0.05, 0) is 13.0 Å². The number of fused-ring (bicyclic) bond motifs is 1. The van der Waals surface area contributed by atoms with Gasteiger partial charge in [0.1, 0.15) is 5.52 Å². The van der Waals surface area contributed by atoms with Crippen LogP contribution in [0.3, 0.4) is 0 Å². The minimum Gasteiger partial charge on any atom is -0.368 e. The molecular weight excluding hydrogens is 164 g/mol. The van der Waals surface area contributed by atoms with E-state index >= 15 is 0 Å². The van der Waals surface area contributed by atoms with E-state index in [-0.39, 0.29) is 0 Å². The van der Waals surface area contributed by atoms with E-state index in [0.717, 1.165) is 23.4 Å². The molecule has 0 aromatic carbocycles. The highest BCUT2D eigenvalue weighted by Gasteiger charge is 2.04. The van der Waals surface area contributed by atoms with E-state index in [1.54, 1.807) is 12.5 Å². The first-order chi connectivity index (χ1) is 6.33. The molecule has 0 radical (unpaired) electrons. The van der Waals surface area contributed by atoms with Gasteiger partial charge in [0.05, 0.1) is 11.8 Å². The lowest BCUT2D eigenvalue weighted by Crippen LogP contribution is -1.99. The van der Waals surface area contributed by atoms with Gasteiger partial charge in [-0.25, -0.2) is 9.97 Å². The van der Waals surface area contributed by atoms with Gasteiger partial charge in [-0.3, -0.25) is 0 Å². The van der Waals surface area contributed by atoms with Gasteiger partial charge in [-0.15, -0.1) is 0 Å². The second kappa shape index (κ2) is 3.05. The summed E-state index contributed by atoms with van der Waals surface area (Å²) < 4.78 is 1.98. The first-order valence-electron chi connectivity index (χ1n) is 4.33. The van der Waals surface area contributed by atoms with Crippen molar-refractivity contribution < 1.29 is 0 Å². The molecule has 0 spiro atoms. The van der Waals surface area contributed by atoms with Crippen LogP contribution in [0, 0.1) is 0 Å². The van der Waals surface area contributed by atoms with Crippen LogP contribution in [0.25, 0.3) is 11.0 Å². The normalized spacial score (nSPS) is 10.6. The van der Waals surface area contributed by atoms with Gasteiger partial charge in [0.15, 0.2) is 5.82 Å². The summed E-state index contributed by atoms with van der Waals surface area (Å²) in [4.78, 5) is 8.50. The summed E-state index contributed by atoms with van der Waals surface area (Å²) >= 11 is 0. The molecule has 0 bridgehead atoms. The highest BCUT2D eigenvalue weighted by atomic mass is 15.1. The van der Waals surface area contributed by atoms with Crippen molar-refractivity contribution in [3.63, 3.8) is 0 Å². The summed E-state index contributed by atoms with van der Waals surface area (Å²) in [5, 5.41) is 3.18. The Morgan fingerprint density at radius 1 is 1.46 bits per heavy atom. The van der Waals surface area contributed by atoms with E-state index in [9.17, 15) is 0 Å². The summed E-state index contributed by atoms with van der Waals surface area (Å²) in [6.45, 7) is 2.91. The molecule has 0 saturated heterocycles. The molecule has 13 heavy (non-hydrogen) atoms. The quantitative estimate of drug-likeness (QED) is 0.752. The Morgan fingerprint density at radius 3 is 3.08 bits per heavy atom. The Balaban J connectivity index is 2.63. The zero-order valence-electron chi connectivity index (χ0n) is 7.78. The summed E-state index contributed by atoms with van der Waals surface area (Å²) in [5.41, 5.74) is 2.04. The molecule has 0 unspecified atom stereocenters. The lowest BCUT2D eigenvalue weighted by molar-refractivity contribution is 0.947. The van der Waals surface area contributed by atoms with Crippen molar-refractivity contribution in [3.05, 3.63) is 18.6 Å². The van der Waals surface area contributed by atoms with Gasteiger partial charge in [-0.1, -0.05) is 0 Å². The third kappa shape index (κ3) is 1.24. The van der Waals surface area contributed by atoms with E-state index in [0.29, 0.717) is 0 Å². The molecule has 0 aliphatic rings. The van der Waals surface area contributed by atoms with Gasteiger partial charge < -0.3 is 9.88 Å². The van der Waals surface area contributed by atoms with Crippen LogP contribution in [0.15, 0.2) is 18.6 Å². The topological polar surface area (TPSA) is 42.7 Å². The molecule has 0 aliphatic carbocycles. The van der Waals surface area contributed by atoms with Crippen molar-refractivity contribution in [2.24, 2.45) is 7.05 Å². The van der Waals surface area contributed by atoms with Crippen molar-refractivity contribution in [1.29, 1.82) is 0 Å². The molecular formula is C9H12N4. The number of nitrogens with one attached hydrogen (secondary N) is 1. The maximum absolute atomic E-state index is 4.27. The van der Waals surface area contributed by atoms with Crippen LogP contribution >= 0.6 is 0 Å². The number of aromatic nitrogens is 3. The Morgan fingerprint density at radius 2 is 2.31 bits per heavy atom. The van der Waals surface area contributed by atoms with Gasteiger partial charge in [0.2, 0.25) is 0 Å². The van der Waals surface area contributed by atoms with Gasteiger partial charge in [0, 0.05) is 19.8 Å². The van der Waals surface area contributed by atoms with E-state index < -0.39 is 0 Å².